The Bertz CT molecular complexity index is 483. The quantitative estimate of drug-likeness (QED) is 0.304. The summed E-state index contributed by atoms with van der Waals surface area (Å²) in [5.41, 5.74) is 1.24. The Morgan fingerprint density at radius 1 is 1.04 bits per heavy atom. The number of allylic oxidation sites excluding steroid dienone is 1. The zero-order chi connectivity index (χ0) is 16.9. The second-order valence-electron chi connectivity index (χ2n) is 5.66. The highest BCUT2D eigenvalue weighted by molar-refractivity contribution is 5.68. The van der Waals surface area contributed by atoms with Crippen molar-refractivity contribution >= 4 is 5.97 Å². The van der Waals surface area contributed by atoms with Crippen LogP contribution >= 0.6 is 0 Å². The van der Waals surface area contributed by atoms with Gasteiger partial charge in [0.1, 0.15) is 5.83 Å². The van der Waals surface area contributed by atoms with Gasteiger partial charge in [0.2, 0.25) is 0 Å². The standard InChI is InChI=1S/C19H27FIO2/c1-16-11-13-18(14-12-16)21-15-17(20)9-7-5-3-4-6-8-10-19(22)23-2/h11-15H,3-10H2,1-2H3/q+1/b17-15+. The second kappa shape index (κ2) is 12.5. The number of unbranched alkanes of at least 4 members (excludes halogenated alkanes) is 5. The summed E-state index contributed by atoms with van der Waals surface area (Å²) in [6.45, 7) is 2.06. The molecule has 1 aromatic rings. The van der Waals surface area contributed by atoms with Crippen LogP contribution in [0.25, 0.3) is 0 Å². The van der Waals surface area contributed by atoms with Crippen molar-refractivity contribution in [2.45, 2.75) is 58.3 Å². The highest BCUT2D eigenvalue weighted by atomic mass is 127. The highest BCUT2D eigenvalue weighted by Crippen LogP contribution is 2.12. The van der Waals surface area contributed by atoms with Crippen LogP contribution in [0.1, 0.15) is 56.9 Å². The molecular formula is C19H27FIO2+. The van der Waals surface area contributed by atoms with E-state index in [1.807, 2.05) is 0 Å². The number of halogens is 2. The predicted molar refractivity (Wildman–Crippen MR) is 88.0 cm³/mol. The Hall–Kier alpha value is -0.910. The van der Waals surface area contributed by atoms with Gasteiger partial charge in [-0.2, -0.15) is 0 Å². The summed E-state index contributed by atoms with van der Waals surface area (Å²) in [5, 5.41) is 0. The Morgan fingerprint density at radius 3 is 2.22 bits per heavy atom. The Balaban J connectivity index is 2.03. The summed E-state index contributed by atoms with van der Waals surface area (Å²) in [4.78, 5) is 10.9. The van der Waals surface area contributed by atoms with E-state index in [2.05, 4.69) is 35.9 Å². The molecule has 0 saturated carbocycles. The number of ether oxygens (including phenoxy) is 1. The minimum Gasteiger partial charge on any atom is -0.469 e. The average Bonchev–Trinajstić information content (AvgIpc) is 2.56. The van der Waals surface area contributed by atoms with Gasteiger partial charge in [-0.1, -0.05) is 43.4 Å². The first kappa shape index (κ1) is 20.1. The first-order valence-corrected chi connectivity index (χ1v) is 10.6. The van der Waals surface area contributed by atoms with Gasteiger partial charge < -0.3 is 4.74 Å². The van der Waals surface area contributed by atoms with Gasteiger partial charge in [0.15, 0.2) is 7.65 Å². The largest absolute Gasteiger partial charge is 0.469 e. The molecule has 0 aromatic heterocycles. The van der Waals surface area contributed by atoms with E-state index in [0.717, 1.165) is 38.5 Å². The summed E-state index contributed by atoms with van der Waals surface area (Å²) in [5.74, 6) is -0.0850. The van der Waals surface area contributed by atoms with E-state index in [4.69, 9.17) is 0 Å². The first-order chi connectivity index (χ1) is 11.1. The lowest BCUT2D eigenvalue weighted by molar-refractivity contribution is -0.558. The lowest BCUT2D eigenvalue weighted by Gasteiger charge is -2.01. The molecule has 23 heavy (non-hydrogen) atoms. The maximum absolute atomic E-state index is 13.8. The van der Waals surface area contributed by atoms with E-state index in [1.165, 1.54) is 16.2 Å². The van der Waals surface area contributed by atoms with Crippen LogP contribution in [0.4, 0.5) is 4.39 Å². The van der Waals surface area contributed by atoms with Crippen molar-refractivity contribution in [3.05, 3.63) is 43.3 Å². The molecule has 0 radical (unpaired) electrons. The van der Waals surface area contributed by atoms with Crippen molar-refractivity contribution in [1.82, 2.24) is 0 Å². The fourth-order valence-electron chi connectivity index (χ4n) is 2.16. The number of methoxy groups -OCH3 is 1. The normalized spacial score (nSPS) is 11.5. The van der Waals surface area contributed by atoms with Gasteiger partial charge in [0.05, 0.1) is 7.11 Å². The first-order valence-electron chi connectivity index (χ1n) is 8.23. The summed E-state index contributed by atoms with van der Waals surface area (Å²) in [6, 6.07) is 8.36. The fraction of sp³-hybridized carbons (Fsp3) is 0.526. The molecule has 0 bridgehead atoms. The summed E-state index contributed by atoms with van der Waals surface area (Å²) in [6.07, 6.45) is 7.21. The summed E-state index contributed by atoms with van der Waals surface area (Å²) < 4.78 is 21.4. The fourth-order valence-corrected chi connectivity index (χ4v) is 3.94. The van der Waals surface area contributed by atoms with Crippen molar-refractivity contribution in [1.29, 1.82) is 0 Å². The highest BCUT2D eigenvalue weighted by Gasteiger charge is 2.10. The zero-order valence-electron chi connectivity index (χ0n) is 14.1. The van der Waals surface area contributed by atoms with Crippen LogP contribution in [0.2, 0.25) is 0 Å². The smallest absolute Gasteiger partial charge is 0.352 e. The van der Waals surface area contributed by atoms with Crippen molar-refractivity contribution in [3.63, 3.8) is 0 Å². The molecule has 0 fully saturated rings. The molecule has 0 amide bonds. The number of carbonyl (C=O) groups is 1. The van der Waals surface area contributed by atoms with Crippen LogP contribution in [-0.4, -0.2) is 13.1 Å². The van der Waals surface area contributed by atoms with E-state index in [-0.39, 0.29) is 33.0 Å². The molecule has 0 heterocycles. The van der Waals surface area contributed by atoms with Crippen LogP contribution in [0.5, 0.6) is 0 Å². The molecule has 1 aromatic carbocycles. The van der Waals surface area contributed by atoms with Crippen LogP contribution in [0.3, 0.4) is 0 Å². The van der Waals surface area contributed by atoms with Crippen molar-refractivity contribution in [2.24, 2.45) is 0 Å². The minimum atomic E-state index is -0.350. The summed E-state index contributed by atoms with van der Waals surface area (Å²) >= 11 is -0.350. The molecule has 0 atom stereocenters. The molecule has 0 saturated heterocycles. The van der Waals surface area contributed by atoms with Gasteiger partial charge >= 0.3 is 27.2 Å². The molecule has 2 nitrogen and oxygen atoms in total. The number of esters is 1. The molecule has 0 unspecified atom stereocenters. The molecule has 0 aliphatic carbocycles. The van der Waals surface area contributed by atoms with Crippen molar-refractivity contribution < 1.29 is 35.1 Å². The minimum absolute atomic E-state index is 0.0454. The maximum atomic E-state index is 13.8. The SMILES string of the molecule is COC(=O)CCCCCCCC/C(F)=C\[I+]c1ccc(C)cc1. The second-order valence-corrected chi connectivity index (χ2v) is 8.15. The average molecular weight is 433 g/mol. The van der Waals surface area contributed by atoms with E-state index < -0.39 is 0 Å². The number of hydrogen-bond acceptors (Lipinski definition) is 2. The van der Waals surface area contributed by atoms with Gasteiger partial charge in [-0.25, -0.2) is 4.39 Å². The van der Waals surface area contributed by atoms with Crippen LogP contribution in [0.15, 0.2) is 34.2 Å². The molecule has 128 valence electrons. The van der Waals surface area contributed by atoms with Crippen LogP contribution in [0, 0.1) is 10.5 Å². The zero-order valence-corrected chi connectivity index (χ0v) is 16.3. The van der Waals surface area contributed by atoms with Crippen molar-refractivity contribution in [2.75, 3.05) is 7.11 Å². The van der Waals surface area contributed by atoms with E-state index >= 15 is 0 Å². The molecular weight excluding hydrogens is 406 g/mol. The molecule has 1 rings (SSSR count). The maximum Gasteiger partial charge on any atom is 0.352 e. The molecule has 0 N–H and O–H groups in total. The Labute approximate surface area is 149 Å². The van der Waals surface area contributed by atoms with E-state index in [1.54, 1.807) is 4.08 Å². The Morgan fingerprint density at radius 2 is 1.61 bits per heavy atom. The van der Waals surface area contributed by atoms with E-state index in [0.29, 0.717) is 12.8 Å². The lowest BCUT2D eigenvalue weighted by Crippen LogP contribution is -3.59. The number of rotatable bonds is 11. The third-order valence-electron chi connectivity index (χ3n) is 3.58. The van der Waals surface area contributed by atoms with Gasteiger partial charge in [-0.3, -0.25) is 4.79 Å². The number of hydrogen-bond donors (Lipinski definition) is 0. The number of carbonyl (C=O) groups excluding carboxylic acids is 1. The van der Waals surface area contributed by atoms with Gasteiger partial charge in [-0.15, -0.1) is 0 Å². The third kappa shape index (κ3) is 10.5. The number of benzene rings is 1. The van der Waals surface area contributed by atoms with Crippen LogP contribution < -0.4 is 21.2 Å². The van der Waals surface area contributed by atoms with Crippen LogP contribution in [-0.2, 0) is 9.53 Å². The van der Waals surface area contributed by atoms with Gasteiger partial charge in [0, 0.05) is 12.8 Å². The third-order valence-corrected chi connectivity index (χ3v) is 6.01. The predicted octanol–water partition coefficient (Wildman–Crippen LogP) is 2.36. The van der Waals surface area contributed by atoms with Crippen molar-refractivity contribution in [3.8, 4) is 0 Å². The lowest BCUT2D eigenvalue weighted by atomic mass is 10.1. The molecule has 0 aliphatic rings. The number of aryl methyl sites for hydroxylation is 1. The van der Waals surface area contributed by atoms with Gasteiger partial charge in [0.25, 0.3) is 0 Å². The molecule has 4 heteroatoms. The summed E-state index contributed by atoms with van der Waals surface area (Å²) in [7, 11) is 1.42. The van der Waals surface area contributed by atoms with Gasteiger partial charge in [-0.05, 0) is 31.9 Å². The topological polar surface area (TPSA) is 26.3 Å². The monoisotopic (exact) mass is 433 g/mol. The van der Waals surface area contributed by atoms with E-state index in [9.17, 15) is 9.18 Å². The molecule has 0 aliphatic heterocycles. The molecule has 0 spiro atoms. The Kier molecular flexibility index (Phi) is 10.9.